The highest BCUT2D eigenvalue weighted by molar-refractivity contribution is 6.00. The Bertz CT molecular complexity index is 706. The van der Waals surface area contributed by atoms with E-state index in [9.17, 15) is 4.79 Å². The molecule has 1 unspecified atom stereocenters. The van der Waals surface area contributed by atoms with Gasteiger partial charge in [0.1, 0.15) is 0 Å². The maximum Gasteiger partial charge on any atom is 0.234 e. The Morgan fingerprint density at radius 3 is 2.83 bits per heavy atom. The Balaban J connectivity index is 1.50. The van der Waals surface area contributed by atoms with Crippen molar-refractivity contribution in [2.45, 2.75) is 25.8 Å². The lowest BCUT2D eigenvalue weighted by Crippen LogP contribution is -2.47. The standard InChI is InChI=1S/C19H22N4O/c24-18-19(8-12-23(18)17-6-3-9-20-13-17)7-4-11-22(15-19)14-16-5-1-2-10-21-16/h1-3,5-6,9-10,13H,4,7-8,11-12,14-15H2. The van der Waals surface area contributed by atoms with E-state index in [2.05, 4.69) is 20.9 Å². The van der Waals surface area contributed by atoms with Crippen molar-refractivity contribution in [3.8, 4) is 0 Å². The number of aromatic nitrogens is 2. The highest BCUT2D eigenvalue weighted by atomic mass is 16.2. The molecule has 0 bridgehead atoms. The van der Waals surface area contributed by atoms with E-state index in [4.69, 9.17) is 0 Å². The van der Waals surface area contributed by atoms with Gasteiger partial charge in [-0.25, -0.2) is 0 Å². The molecular weight excluding hydrogens is 300 g/mol. The average molecular weight is 322 g/mol. The normalized spacial score (nSPS) is 24.7. The van der Waals surface area contributed by atoms with Gasteiger partial charge < -0.3 is 4.90 Å². The summed E-state index contributed by atoms with van der Waals surface area (Å²) in [5, 5.41) is 0. The van der Waals surface area contributed by atoms with Gasteiger partial charge in [-0.15, -0.1) is 0 Å². The van der Waals surface area contributed by atoms with Crippen LogP contribution in [-0.2, 0) is 11.3 Å². The second kappa shape index (κ2) is 6.32. The number of amides is 1. The van der Waals surface area contributed by atoms with Crippen LogP contribution in [0.4, 0.5) is 5.69 Å². The van der Waals surface area contributed by atoms with Crippen LogP contribution in [0.3, 0.4) is 0 Å². The summed E-state index contributed by atoms with van der Waals surface area (Å²) < 4.78 is 0. The minimum Gasteiger partial charge on any atom is -0.310 e. The third-order valence-electron chi connectivity index (χ3n) is 5.24. The second-order valence-corrected chi connectivity index (χ2v) is 6.83. The first-order valence-corrected chi connectivity index (χ1v) is 8.61. The van der Waals surface area contributed by atoms with Gasteiger partial charge in [-0.3, -0.25) is 19.7 Å². The molecule has 1 spiro atoms. The summed E-state index contributed by atoms with van der Waals surface area (Å²) in [5.41, 5.74) is 1.76. The number of carbonyl (C=O) groups is 1. The number of carbonyl (C=O) groups excluding carboxylic acids is 1. The quantitative estimate of drug-likeness (QED) is 0.871. The third-order valence-corrected chi connectivity index (χ3v) is 5.24. The highest BCUT2D eigenvalue weighted by Gasteiger charge is 2.49. The molecule has 4 rings (SSSR count). The fraction of sp³-hybridized carbons (Fsp3) is 0.421. The summed E-state index contributed by atoms with van der Waals surface area (Å²) in [4.78, 5) is 26.0. The van der Waals surface area contributed by atoms with Crippen LogP contribution in [0.25, 0.3) is 0 Å². The first-order chi connectivity index (χ1) is 11.8. The number of pyridine rings is 2. The van der Waals surface area contributed by atoms with Crippen molar-refractivity contribution in [1.29, 1.82) is 0 Å². The highest BCUT2D eigenvalue weighted by Crippen LogP contribution is 2.41. The lowest BCUT2D eigenvalue weighted by atomic mass is 9.78. The number of hydrogen-bond donors (Lipinski definition) is 0. The van der Waals surface area contributed by atoms with Crippen LogP contribution in [0.15, 0.2) is 48.9 Å². The fourth-order valence-corrected chi connectivity index (χ4v) is 4.04. The van der Waals surface area contributed by atoms with Gasteiger partial charge in [-0.1, -0.05) is 6.07 Å². The average Bonchev–Trinajstić information content (AvgIpc) is 2.93. The van der Waals surface area contributed by atoms with Crippen molar-refractivity contribution in [2.75, 3.05) is 24.5 Å². The van der Waals surface area contributed by atoms with Crippen LogP contribution in [0.2, 0.25) is 0 Å². The van der Waals surface area contributed by atoms with Crippen molar-refractivity contribution < 1.29 is 4.79 Å². The number of nitrogens with zero attached hydrogens (tertiary/aromatic N) is 4. The molecule has 0 aromatic carbocycles. The van der Waals surface area contributed by atoms with Crippen LogP contribution in [0, 0.1) is 5.41 Å². The topological polar surface area (TPSA) is 49.3 Å². The largest absolute Gasteiger partial charge is 0.310 e. The second-order valence-electron chi connectivity index (χ2n) is 6.83. The number of likely N-dealkylation sites (tertiary alicyclic amines) is 1. The molecule has 0 radical (unpaired) electrons. The van der Waals surface area contributed by atoms with Gasteiger partial charge in [0.05, 0.1) is 23.0 Å². The number of hydrogen-bond acceptors (Lipinski definition) is 4. The van der Waals surface area contributed by atoms with E-state index >= 15 is 0 Å². The van der Waals surface area contributed by atoms with Crippen LogP contribution in [0.5, 0.6) is 0 Å². The van der Waals surface area contributed by atoms with Crippen LogP contribution < -0.4 is 4.90 Å². The summed E-state index contributed by atoms with van der Waals surface area (Å²) in [6.07, 6.45) is 8.35. The Labute approximate surface area is 142 Å². The molecule has 0 aliphatic carbocycles. The lowest BCUT2D eigenvalue weighted by Gasteiger charge is -2.38. The van der Waals surface area contributed by atoms with Gasteiger partial charge in [0, 0.05) is 32.0 Å². The zero-order chi connectivity index (χ0) is 16.4. The van der Waals surface area contributed by atoms with Crippen molar-refractivity contribution in [2.24, 2.45) is 5.41 Å². The minimum atomic E-state index is -0.233. The Hall–Kier alpha value is -2.27. The maximum absolute atomic E-state index is 13.1. The molecule has 2 saturated heterocycles. The molecule has 2 aromatic rings. The van der Waals surface area contributed by atoms with Crippen LogP contribution in [-0.4, -0.2) is 40.4 Å². The Morgan fingerprint density at radius 1 is 1.08 bits per heavy atom. The monoisotopic (exact) mass is 322 g/mol. The van der Waals surface area contributed by atoms with Crippen LogP contribution >= 0.6 is 0 Å². The van der Waals surface area contributed by atoms with E-state index in [-0.39, 0.29) is 11.3 Å². The molecule has 0 N–H and O–H groups in total. The van der Waals surface area contributed by atoms with E-state index in [0.717, 1.165) is 56.8 Å². The lowest BCUT2D eigenvalue weighted by molar-refractivity contribution is -0.128. The van der Waals surface area contributed by atoms with Gasteiger partial charge in [-0.05, 0) is 50.1 Å². The third kappa shape index (κ3) is 2.80. The molecule has 1 amide bonds. The zero-order valence-corrected chi connectivity index (χ0v) is 13.8. The molecule has 1 atom stereocenters. The first-order valence-electron chi connectivity index (χ1n) is 8.61. The first kappa shape index (κ1) is 15.3. The molecule has 5 nitrogen and oxygen atoms in total. The van der Waals surface area contributed by atoms with Crippen molar-refractivity contribution in [1.82, 2.24) is 14.9 Å². The molecule has 124 valence electrons. The molecular formula is C19H22N4O. The number of piperidine rings is 1. The van der Waals surface area contributed by atoms with Crippen molar-refractivity contribution in [3.05, 3.63) is 54.6 Å². The molecule has 0 saturated carbocycles. The van der Waals surface area contributed by atoms with E-state index in [0.29, 0.717) is 0 Å². The van der Waals surface area contributed by atoms with E-state index < -0.39 is 0 Å². The van der Waals surface area contributed by atoms with Gasteiger partial charge in [-0.2, -0.15) is 0 Å². The van der Waals surface area contributed by atoms with E-state index in [1.807, 2.05) is 35.4 Å². The maximum atomic E-state index is 13.1. The summed E-state index contributed by atoms with van der Waals surface area (Å²) in [7, 11) is 0. The summed E-state index contributed by atoms with van der Waals surface area (Å²) in [6.45, 7) is 3.49. The predicted octanol–water partition coefficient (Wildman–Crippen LogP) is 2.50. The summed E-state index contributed by atoms with van der Waals surface area (Å²) in [6, 6.07) is 9.88. The SMILES string of the molecule is O=C1N(c2cccnc2)CCC12CCCN(Cc1ccccn1)C2. The van der Waals surface area contributed by atoms with Gasteiger partial charge in [0.15, 0.2) is 0 Å². The van der Waals surface area contributed by atoms with E-state index in [1.165, 1.54) is 0 Å². The number of anilines is 1. The van der Waals surface area contributed by atoms with Gasteiger partial charge in [0.25, 0.3) is 0 Å². The number of rotatable bonds is 3. The molecule has 4 heterocycles. The van der Waals surface area contributed by atoms with Crippen molar-refractivity contribution in [3.63, 3.8) is 0 Å². The smallest absolute Gasteiger partial charge is 0.234 e. The summed E-state index contributed by atoms with van der Waals surface area (Å²) >= 11 is 0. The van der Waals surface area contributed by atoms with Gasteiger partial charge >= 0.3 is 0 Å². The van der Waals surface area contributed by atoms with Crippen LogP contribution in [0.1, 0.15) is 25.0 Å². The van der Waals surface area contributed by atoms with E-state index in [1.54, 1.807) is 12.4 Å². The molecule has 2 fully saturated rings. The summed E-state index contributed by atoms with van der Waals surface area (Å²) in [5.74, 6) is 0.265. The Morgan fingerprint density at radius 2 is 2.04 bits per heavy atom. The Kier molecular flexibility index (Phi) is 4.02. The van der Waals surface area contributed by atoms with Crippen molar-refractivity contribution >= 4 is 11.6 Å². The predicted molar refractivity (Wildman–Crippen MR) is 92.4 cm³/mol. The molecule has 2 aliphatic rings. The fourth-order valence-electron chi connectivity index (χ4n) is 4.04. The molecule has 24 heavy (non-hydrogen) atoms. The molecule has 2 aromatic heterocycles. The molecule has 2 aliphatic heterocycles. The minimum absolute atomic E-state index is 0.233. The van der Waals surface area contributed by atoms with Gasteiger partial charge in [0.2, 0.25) is 5.91 Å². The molecule has 5 heteroatoms. The zero-order valence-electron chi connectivity index (χ0n) is 13.8.